The molecule has 2 aliphatic carbocycles. The van der Waals surface area contributed by atoms with Gasteiger partial charge >= 0.3 is 0 Å². The Morgan fingerprint density at radius 2 is 0.809 bits per heavy atom. The van der Waals surface area contributed by atoms with Gasteiger partial charge in [0.05, 0.1) is 0 Å². The fourth-order valence-corrected chi connectivity index (χ4v) is 9.42. The Labute approximate surface area is 277 Å². The molecule has 1 heterocycles. The molecule has 1 nitrogen and oxygen atoms in total. The highest BCUT2D eigenvalue weighted by Gasteiger charge is 2.42. The second-order valence-electron chi connectivity index (χ2n) is 13.7. The first-order valence-electron chi connectivity index (χ1n) is 17.5. The molecule has 2 aliphatic rings. The van der Waals surface area contributed by atoms with Crippen molar-refractivity contribution in [3.63, 3.8) is 0 Å². The van der Waals surface area contributed by atoms with Gasteiger partial charge in [0.15, 0.2) is 0 Å². The lowest BCUT2D eigenvalue weighted by atomic mass is 9.72. The normalized spacial score (nSPS) is 15.1. The van der Waals surface area contributed by atoms with Gasteiger partial charge in [-0.25, -0.2) is 0 Å². The first kappa shape index (κ1) is 28.4. The van der Waals surface area contributed by atoms with Crippen molar-refractivity contribution in [3.05, 3.63) is 144 Å². The number of benzene rings is 6. The Morgan fingerprint density at radius 1 is 0.383 bits per heavy atom. The molecule has 0 saturated heterocycles. The van der Waals surface area contributed by atoms with Crippen molar-refractivity contribution in [2.45, 2.75) is 64.2 Å². The van der Waals surface area contributed by atoms with Crippen molar-refractivity contribution < 1.29 is 4.42 Å². The van der Waals surface area contributed by atoms with Crippen molar-refractivity contribution in [1.82, 2.24) is 0 Å². The molecule has 0 atom stereocenters. The second kappa shape index (κ2) is 10.3. The van der Waals surface area contributed by atoms with Crippen molar-refractivity contribution in [2.75, 3.05) is 0 Å². The molecule has 6 aromatic carbocycles. The smallest absolute Gasteiger partial charge is 0.135 e. The Kier molecular flexibility index (Phi) is 6.22. The molecule has 0 saturated carbocycles. The van der Waals surface area contributed by atoms with Crippen LogP contribution in [-0.2, 0) is 10.8 Å². The average Bonchev–Trinajstić information content (AvgIpc) is 3.74. The van der Waals surface area contributed by atoms with E-state index in [2.05, 4.69) is 143 Å². The predicted octanol–water partition coefficient (Wildman–Crippen LogP) is 13.1. The van der Waals surface area contributed by atoms with E-state index < -0.39 is 0 Å². The molecule has 230 valence electrons. The van der Waals surface area contributed by atoms with Gasteiger partial charge in [-0.15, -0.1) is 0 Å². The Bertz CT molecular complexity index is 2360. The van der Waals surface area contributed by atoms with Gasteiger partial charge in [0.1, 0.15) is 11.2 Å². The lowest BCUT2D eigenvalue weighted by Gasteiger charge is -2.31. The fraction of sp³-hybridized carbons (Fsp3) is 0.217. The van der Waals surface area contributed by atoms with Gasteiger partial charge in [-0.1, -0.05) is 113 Å². The van der Waals surface area contributed by atoms with Crippen molar-refractivity contribution >= 4 is 21.9 Å². The van der Waals surface area contributed by atoms with Crippen LogP contribution < -0.4 is 0 Å². The van der Waals surface area contributed by atoms with Crippen molar-refractivity contribution in [1.29, 1.82) is 0 Å². The van der Waals surface area contributed by atoms with Gasteiger partial charge in [0.2, 0.25) is 0 Å². The van der Waals surface area contributed by atoms with Crippen LogP contribution in [0.5, 0.6) is 0 Å². The van der Waals surface area contributed by atoms with Gasteiger partial charge in [0, 0.05) is 21.6 Å². The van der Waals surface area contributed by atoms with Gasteiger partial charge < -0.3 is 4.42 Å². The summed E-state index contributed by atoms with van der Waals surface area (Å²) in [6, 6.07) is 45.8. The number of furan rings is 1. The minimum absolute atomic E-state index is 0.0211. The third-order valence-corrected chi connectivity index (χ3v) is 12.1. The third kappa shape index (κ3) is 3.77. The topological polar surface area (TPSA) is 13.1 Å². The molecule has 0 spiro atoms. The maximum Gasteiger partial charge on any atom is 0.135 e. The van der Waals surface area contributed by atoms with Crippen LogP contribution in [-0.4, -0.2) is 0 Å². The lowest BCUT2D eigenvalue weighted by molar-refractivity contribution is 0.490. The summed E-state index contributed by atoms with van der Waals surface area (Å²) < 4.78 is 6.14. The largest absolute Gasteiger partial charge is 0.456 e. The van der Waals surface area contributed by atoms with E-state index in [0.29, 0.717) is 0 Å². The summed E-state index contributed by atoms with van der Waals surface area (Å²) in [5, 5.41) is 2.35. The standard InChI is InChI=1S/C46H40O/c1-5-45(6-2)39-15-11-9-13-33(39)34-21-18-31(27-40(34)45)32-19-23-36-35-22-17-30(26-41(35)46(7-3,8-4)42(36)28-32)29-20-24-44-38(25-29)37-14-10-12-16-43(37)47-44/h9-28H,5-8H2,1-4H3. The van der Waals surface area contributed by atoms with Gasteiger partial charge in [0.25, 0.3) is 0 Å². The van der Waals surface area contributed by atoms with E-state index in [-0.39, 0.29) is 10.8 Å². The zero-order valence-corrected chi connectivity index (χ0v) is 27.8. The highest BCUT2D eigenvalue weighted by atomic mass is 16.3. The molecule has 47 heavy (non-hydrogen) atoms. The molecule has 0 N–H and O–H groups in total. The molecule has 7 aromatic rings. The molecule has 1 heteroatoms. The van der Waals surface area contributed by atoms with Crippen LogP contribution in [0.1, 0.15) is 75.6 Å². The molecule has 0 radical (unpaired) electrons. The predicted molar refractivity (Wildman–Crippen MR) is 198 cm³/mol. The van der Waals surface area contributed by atoms with E-state index >= 15 is 0 Å². The third-order valence-electron chi connectivity index (χ3n) is 12.1. The molecule has 1 aromatic heterocycles. The Morgan fingerprint density at radius 3 is 1.38 bits per heavy atom. The summed E-state index contributed by atoms with van der Waals surface area (Å²) in [5.41, 5.74) is 18.6. The number of hydrogen-bond acceptors (Lipinski definition) is 1. The second-order valence-corrected chi connectivity index (χ2v) is 13.7. The van der Waals surface area contributed by atoms with E-state index in [4.69, 9.17) is 4.42 Å². The molecule has 0 fully saturated rings. The molecule has 9 rings (SSSR count). The summed E-state index contributed by atoms with van der Waals surface area (Å²) in [7, 11) is 0. The fourth-order valence-electron chi connectivity index (χ4n) is 9.42. The number of hydrogen-bond donors (Lipinski definition) is 0. The number of rotatable bonds is 6. The molecular formula is C46H40O. The van der Waals surface area contributed by atoms with Crippen molar-refractivity contribution in [2.24, 2.45) is 0 Å². The zero-order valence-electron chi connectivity index (χ0n) is 27.8. The molecular weight excluding hydrogens is 569 g/mol. The molecule has 0 aliphatic heterocycles. The van der Waals surface area contributed by atoms with Gasteiger partial charge in [-0.05, 0) is 129 Å². The quantitative estimate of drug-likeness (QED) is 0.183. The zero-order chi connectivity index (χ0) is 31.9. The Balaban J connectivity index is 1.15. The molecule has 0 unspecified atom stereocenters. The van der Waals surface area contributed by atoms with Crippen LogP contribution in [0.4, 0.5) is 0 Å². The summed E-state index contributed by atoms with van der Waals surface area (Å²) in [6.07, 6.45) is 4.35. The highest BCUT2D eigenvalue weighted by molar-refractivity contribution is 6.06. The van der Waals surface area contributed by atoms with Crippen LogP contribution in [0.25, 0.3) is 66.4 Å². The molecule has 0 bridgehead atoms. The first-order chi connectivity index (χ1) is 23.0. The Hall–Kier alpha value is -4.88. The van der Waals surface area contributed by atoms with Crippen LogP contribution >= 0.6 is 0 Å². The maximum absolute atomic E-state index is 6.14. The monoisotopic (exact) mass is 608 g/mol. The van der Waals surface area contributed by atoms with E-state index in [9.17, 15) is 0 Å². The van der Waals surface area contributed by atoms with Gasteiger partial charge in [-0.3, -0.25) is 0 Å². The maximum atomic E-state index is 6.14. The molecule has 0 amide bonds. The van der Waals surface area contributed by atoms with Crippen molar-refractivity contribution in [3.8, 4) is 44.5 Å². The van der Waals surface area contributed by atoms with Crippen LogP contribution in [0.3, 0.4) is 0 Å². The van der Waals surface area contributed by atoms with Gasteiger partial charge in [-0.2, -0.15) is 0 Å². The van der Waals surface area contributed by atoms with Crippen LogP contribution in [0, 0.1) is 0 Å². The van der Waals surface area contributed by atoms with E-state index in [1.54, 1.807) is 0 Å². The van der Waals surface area contributed by atoms with Crippen LogP contribution in [0.2, 0.25) is 0 Å². The lowest BCUT2D eigenvalue weighted by Crippen LogP contribution is -2.23. The average molecular weight is 609 g/mol. The minimum atomic E-state index is -0.0211. The number of para-hydroxylation sites is 1. The van der Waals surface area contributed by atoms with E-state index in [1.807, 2.05) is 6.07 Å². The van der Waals surface area contributed by atoms with E-state index in [0.717, 1.165) is 36.8 Å². The summed E-state index contributed by atoms with van der Waals surface area (Å²) >= 11 is 0. The summed E-state index contributed by atoms with van der Waals surface area (Å²) in [4.78, 5) is 0. The summed E-state index contributed by atoms with van der Waals surface area (Å²) in [5.74, 6) is 0. The summed E-state index contributed by atoms with van der Waals surface area (Å²) in [6.45, 7) is 9.45. The van der Waals surface area contributed by atoms with Crippen LogP contribution in [0.15, 0.2) is 126 Å². The first-order valence-corrected chi connectivity index (χ1v) is 17.5. The SMILES string of the molecule is CCC1(CC)c2ccccc2-c2ccc(-c3ccc4c(c3)C(CC)(CC)c3cc(-c5ccc6oc7ccccc7c6c5)ccc3-4)cc21. The van der Waals surface area contributed by atoms with E-state index in [1.165, 1.54) is 77.5 Å². The number of fused-ring (bicyclic) bond motifs is 9. The minimum Gasteiger partial charge on any atom is -0.456 e. The highest BCUT2D eigenvalue weighted by Crippen LogP contribution is 2.56.